The van der Waals surface area contributed by atoms with Gasteiger partial charge in [-0.1, -0.05) is 29.8 Å². The van der Waals surface area contributed by atoms with Crippen molar-refractivity contribution in [1.29, 1.82) is 0 Å². The van der Waals surface area contributed by atoms with Gasteiger partial charge in [0.15, 0.2) is 0 Å². The number of nitrogens with zero attached hydrogens (tertiary/aromatic N) is 1. The number of pyridine rings is 1. The first-order chi connectivity index (χ1) is 8.34. The molecule has 17 heavy (non-hydrogen) atoms. The third-order valence-corrected chi connectivity index (χ3v) is 3.34. The van der Waals surface area contributed by atoms with Crippen LogP contribution in [-0.2, 0) is 6.42 Å². The molecule has 0 fully saturated rings. The second-order valence-corrected chi connectivity index (χ2v) is 4.59. The second-order valence-electron chi connectivity index (χ2n) is 4.59. The Kier molecular flexibility index (Phi) is 2.65. The van der Waals surface area contributed by atoms with E-state index in [1.165, 1.54) is 16.7 Å². The summed E-state index contributed by atoms with van der Waals surface area (Å²) in [6.45, 7) is 3.18. The van der Waals surface area contributed by atoms with Crippen molar-refractivity contribution in [3.05, 3.63) is 65.0 Å². The number of hydrogen-bond donors (Lipinski definition) is 1. The number of hydrogen-bond acceptors (Lipinski definition) is 2. The van der Waals surface area contributed by atoms with E-state index in [1.807, 2.05) is 18.3 Å². The van der Waals surface area contributed by atoms with Gasteiger partial charge in [0, 0.05) is 12.7 Å². The van der Waals surface area contributed by atoms with Gasteiger partial charge in [0.05, 0.1) is 11.7 Å². The highest BCUT2D eigenvalue weighted by atomic mass is 14.9. The zero-order chi connectivity index (χ0) is 11.7. The third-order valence-electron chi connectivity index (χ3n) is 3.34. The molecular formula is C15H16N2. The molecule has 2 nitrogen and oxygen atoms in total. The van der Waals surface area contributed by atoms with E-state index >= 15 is 0 Å². The smallest absolute Gasteiger partial charge is 0.0754 e. The Morgan fingerprint density at radius 3 is 3.00 bits per heavy atom. The summed E-state index contributed by atoms with van der Waals surface area (Å²) in [7, 11) is 0. The Morgan fingerprint density at radius 2 is 2.18 bits per heavy atom. The number of aryl methyl sites for hydroxylation is 1. The van der Waals surface area contributed by atoms with Gasteiger partial charge in [0.1, 0.15) is 0 Å². The zero-order valence-electron chi connectivity index (χ0n) is 9.98. The van der Waals surface area contributed by atoms with Crippen LogP contribution in [0.1, 0.15) is 28.4 Å². The van der Waals surface area contributed by atoms with Crippen LogP contribution >= 0.6 is 0 Å². The van der Waals surface area contributed by atoms with Gasteiger partial charge in [0.2, 0.25) is 0 Å². The highest BCUT2D eigenvalue weighted by Crippen LogP contribution is 2.27. The number of nitrogens with one attached hydrogen (secondary N) is 1. The predicted molar refractivity (Wildman–Crippen MR) is 69.0 cm³/mol. The Labute approximate surface area is 102 Å². The summed E-state index contributed by atoms with van der Waals surface area (Å²) >= 11 is 0. The minimum absolute atomic E-state index is 0.251. The van der Waals surface area contributed by atoms with Gasteiger partial charge in [-0.3, -0.25) is 4.98 Å². The lowest BCUT2D eigenvalue weighted by molar-refractivity contribution is 0.556. The lowest BCUT2D eigenvalue weighted by Gasteiger charge is -2.26. The standard InChI is InChI=1S/C15H16N2/c1-11-5-6-13-12(10-11)7-9-17-15(13)14-4-2-3-8-16-14/h2-6,8,10,15,17H,7,9H2,1H3. The van der Waals surface area contributed by atoms with Crippen LogP contribution < -0.4 is 5.32 Å². The summed E-state index contributed by atoms with van der Waals surface area (Å²) in [5, 5.41) is 3.55. The summed E-state index contributed by atoms with van der Waals surface area (Å²) in [4.78, 5) is 4.46. The van der Waals surface area contributed by atoms with Gasteiger partial charge < -0.3 is 5.32 Å². The quantitative estimate of drug-likeness (QED) is 0.805. The summed E-state index contributed by atoms with van der Waals surface area (Å²) < 4.78 is 0. The van der Waals surface area contributed by atoms with Gasteiger partial charge in [-0.2, -0.15) is 0 Å². The van der Waals surface area contributed by atoms with Crippen molar-refractivity contribution in [2.45, 2.75) is 19.4 Å². The van der Waals surface area contributed by atoms with Crippen LogP contribution in [0.25, 0.3) is 0 Å². The van der Waals surface area contributed by atoms with Crippen LogP contribution in [0.5, 0.6) is 0 Å². The van der Waals surface area contributed by atoms with E-state index in [0.29, 0.717) is 0 Å². The van der Waals surface area contributed by atoms with Gasteiger partial charge in [-0.05, 0) is 36.6 Å². The molecule has 0 amide bonds. The lowest BCUT2D eigenvalue weighted by Crippen LogP contribution is -2.31. The molecule has 2 aromatic rings. The normalized spacial score (nSPS) is 18.8. The van der Waals surface area contributed by atoms with Crippen LogP contribution in [0.2, 0.25) is 0 Å². The van der Waals surface area contributed by atoms with Gasteiger partial charge in [-0.25, -0.2) is 0 Å². The highest BCUT2D eigenvalue weighted by Gasteiger charge is 2.21. The summed E-state index contributed by atoms with van der Waals surface area (Å²) in [6, 6.07) is 13.1. The van der Waals surface area contributed by atoms with Gasteiger partial charge >= 0.3 is 0 Å². The molecule has 0 saturated heterocycles. The average Bonchev–Trinajstić information content (AvgIpc) is 2.39. The van der Waals surface area contributed by atoms with E-state index in [-0.39, 0.29) is 6.04 Å². The summed E-state index contributed by atoms with van der Waals surface area (Å²) in [6.07, 6.45) is 2.97. The molecule has 1 aromatic carbocycles. The molecule has 1 atom stereocenters. The average molecular weight is 224 g/mol. The first-order valence-electron chi connectivity index (χ1n) is 6.08. The molecule has 0 spiro atoms. The van der Waals surface area contributed by atoms with E-state index < -0.39 is 0 Å². The maximum Gasteiger partial charge on any atom is 0.0754 e. The minimum atomic E-state index is 0.251. The van der Waals surface area contributed by atoms with Crippen molar-refractivity contribution in [2.75, 3.05) is 6.54 Å². The molecule has 0 aliphatic carbocycles. The van der Waals surface area contributed by atoms with Gasteiger partial charge in [0.25, 0.3) is 0 Å². The fraction of sp³-hybridized carbons (Fsp3) is 0.267. The van der Waals surface area contributed by atoms with E-state index in [0.717, 1.165) is 18.7 Å². The molecule has 1 aliphatic rings. The zero-order valence-corrected chi connectivity index (χ0v) is 9.98. The Hall–Kier alpha value is -1.67. The summed E-state index contributed by atoms with van der Waals surface area (Å²) in [5.74, 6) is 0. The van der Waals surface area contributed by atoms with Crippen LogP contribution in [-0.4, -0.2) is 11.5 Å². The monoisotopic (exact) mass is 224 g/mol. The van der Waals surface area contributed by atoms with Crippen molar-refractivity contribution in [1.82, 2.24) is 10.3 Å². The number of aromatic nitrogens is 1. The molecule has 1 aliphatic heterocycles. The molecule has 0 radical (unpaired) electrons. The summed E-state index contributed by atoms with van der Waals surface area (Å²) in [5.41, 5.74) is 5.28. The van der Waals surface area contributed by atoms with E-state index in [2.05, 4.69) is 41.5 Å². The van der Waals surface area contributed by atoms with Crippen LogP contribution in [0.4, 0.5) is 0 Å². The molecule has 0 saturated carbocycles. The van der Waals surface area contributed by atoms with Crippen LogP contribution in [0.3, 0.4) is 0 Å². The second kappa shape index (κ2) is 4.30. The van der Waals surface area contributed by atoms with Crippen molar-refractivity contribution in [2.24, 2.45) is 0 Å². The molecular weight excluding hydrogens is 208 g/mol. The molecule has 86 valence electrons. The third kappa shape index (κ3) is 1.96. The molecule has 2 heteroatoms. The fourth-order valence-corrected chi connectivity index (χ4v) is 2.50. The lowest BCUT2D eigenvalue weighted by atomic mass is 9.91. The van der Waals surface area contributed by atoms with Crippen molar-refractivity contribution in [3.63, 3.8) is 0 Å². The van der Waals surface area contributed by atoms with Crippen LogP contribution in [0.15, 0.2) is 42.6 Å². The first-order valence-corrected chi connectivity index (χ1v) is 6.08. The Balaban J connectivity index is 2.06. The van der Waals surface area contributed by atoms with E-state index in [1.54, 1.807) is 0 Å². The maximum atomic E-state index is 4.46. The van der Waals surface area contributed by atoms with Crippen molar-refractivity contribution < 1.29 is 0 Å². The molecule has 1 N–H and O–H groups in total. The van der Waals surface area contributed by atoms with Gasteiger partial charge in [-0.15, -0.1) is 0 Å². The molecule has 2 heterocycles. The fourth-order valence-electron chi connectivity index (χ4n) is 2.50. The predicted octanol–water partition coefficient (Wildman–Crippen LogP) is 2.63. The highest BCUT2D eigenvalue weighted by molar-refractivity contribution is 5.39. The Morgan fingerprint density at radius 1 is 1.24 bits per heavy atom. The number of fused-ring (bicyclic) bond motifs is 1. The largest absolute Gasteiger partial charge is 0.305 e. The maximum absolute atomic E-state index is 4.46. The first kappa shape index (κ1) is 10.5. The number of rotatable bonds is 1. The molecule has 3 rings (SSSR count). The minimum Gasteiger partial charge on any atom is -0.305 e. The van der Waals surface area contributed by atoms with Crippen molar-refractivity contribution >= 4 is 0 Å². The topological polar surface area (TPSA) is 24.9 Å². The molecule has 1 aromatic heterocycles. The molecule has 0 bridgehead atoms. The SMILES string of the molecule is Cc1ccc2c(c1)CCNC2c1ccccn1. The van der Waals surface area contributed by atoms with Crippen molar-refractivity contribution in [3.8, 4) is 0 Å². The molecule has 1 unspecified atom stereocenters. The Bertz CT molecular complexity index is 520. The van der Waals surface area contributed by atoms with Crippen LogP contribution in [0, 0.1) is 6.92 Å². The van der Waals surface area contributed by atoms with E-state index in [9.17, 15) is 0 Å². The number of benzene rings is 1. The van der Waals surface area contributed by atoms with E-state index in [4.69, 9.17) is 0 Å².